The fourth-order valence-electron chi connectivity index (χ4n) is 2.46. The fraction of sp³-hybridized carbons (Fsp3) is 0.125. The molecular weight excluding hydrogens is 206 g/mol. The lowest BCUT2D eigenvalue weighted by Crippen LogP contribution is -2.32. The number of rotatable bonds is 0. The predicted molar refractivity (Wildman–Crippen MR) is 72.2 cm³/mol. The minimum atomic E-state index is 0.421. The van der Waals surface area contributed by atoms with Gasteiger partial charge in [-0.25, -0.2) is 0 Å². The number of allylic oxidation sites excluding steroid dienone is 5. The van der Waals surface area contributed by atoms with Crippen LogP contribution in [0.5, 0.6) is 0 Å². The van der Waals surface area contributed by atoms with Gasteiger partial charge >= 0.3 is 0 Å². The third-order valence-electron chi connectivity index (χ3n) is 3.38. The Labute approximate surface area is 101 Å². The van der Waals surface area contributed by atoms with Crippen molar-refractivity contribution < 1.29 is 0 Å². The van der Waals surface area contributed by atoms with Gasteiger partial charge in [0.15, 0.2) is 0 Å². The van der Waals surface area contributed by atoms with E-state index >= 15 is 0 Å². The van der Waals surface area contributed by atoms with E-state index in [-0.39, 0.29) is 0 Å². The molecule has 2 N–H and O–H groups in total. The van der Waals surface area contributed by atoms with Crippen LogP contribution in [0.3, 0.4) is 0 Å². The second-order valence-electron chi connectivity index (χ2n) is 4.44. The van der Waals surface area contributed by atoms with Crippen molar-refractivity contribution in [1.29, 1.82) is 0 Å². The monoisotopic (exact) mass is 221 g/mol. The zero-order valence-corrected chi connectivity index (χ0v) is 9.64. The summed E-state index contributed by atoms with van der Waals surface area (Å²) < 4.78 is 0. The fourth-order valence-corrected chi connectivity index (χ4v) is 2.46. The molecule has 84 valence electrons. The first-order valence-corrected chi connectivity index (χ1v) is 5.97. The molecule has 1 nitrogen and oxygen atoms in total. The Kier molecular flexibility index (Phi) is 2.45. The molecule has 0 radical (unpaired) electrons. The predicted octanol–water partition coefficient (Wildman–Crippen LogP) is 1.61. The first-order valence-electron chi connectivity index (χ1n) is 5.97. The zero-order chi connectivity index (χ0) is 11.7. The van der Waals surface area contributed by atoms with Gasteiger partial charge in [0, 0.05) is 16.8 Å². The molecule has 0 fully saturated rings. The zero-order valence-electron chi connectivity index (χ0n) is 9.64. The first kappa shape index (κ1) is 10.2. The molecule has 3 rings (SSSR count). The second-order valence-corrected chi connectivity index (χ2v) is 4.44. The first-order chi connectivity index (χ1) is 8.36. The molecule has 0 aromatic heterocycles. The summed E-state index contributed by atoms with van der Waals surface area (Å²) in [7, 11) is 0. The largest absolute Gasteiger partial charge is 0.398 e. The van der Waals surface area contributed by atoms with Crippen LogP contribution in [-0.4, -0.2) is 0 Å². The van der Waals surface area contributed by atoms with Crippen LogP contribution in [0, 0.1) is 5.92 Å². The summed E-state index contributed by atoms with van der Waals surface area (Å²) >= 11 is 0. The van der Waals surface area contributed by atoms with E-state index in [1.165, 1.54) is 10.8 Å². The quantitative estimate of drug-likeness (QED) is 0.707. The van der Waals surface area contributed by atoms with Crippen molar-refractivity contribution in [2.24, 2.45) is 11.7 Å². The van der Waals surface area contributed by atoms with E-state index in [0.717, 1.165) is 17.3 Å². The second kappa shape index (κ2) is 4.10. The highest BCUT2D eigenvalue weighted by Crippen LogP contribution is 2.26. The number of benzene rings is 1. The van der Waals surface area contributed by atoms with E-state index in [4.69, 9.17) is 5.73 Å². The Morgan fingerprint density at radius 3 is 2.88 bits per heavy atom. The van der Waals surface area contributed by atoms with Crippen LogP contribution in [0.4, 0.5) is 0 Å². The molecule has 2 aliphatic carbocycles. The Morgan fingerprint density at radius 1 is 1.06 bits per heavy atom. The lowest BCUT2D eigenvalue weighted by molar-refractivity contribution is 0.785. The standard InChI is InChI=1S/C16H15N/c17-16-14-10-3-1-6-12(14)8-5-9-13-7-2-4-11-15(13)16/h1-6,8-11,13H,7,17H2. The van der Waals surface area contributed by atoms with E-state index in [1.807, 2.05) is 12.1 Å². The minimum absolute atomic E-state index is 0.421. The van der Waals surface area contributed by atoms with Crippen LogP contribution in [0.25, 0.3) is 11.8 Å². The number of nitrogens with two attached hydrogens (primary N) is 1. The molecule has 0 aliphatic heterocycles. The molecule has 0 saturated carbocycles. The van der Waals surface area contributed by atoms with Crippen molar-refractivity contribution in [1.82, 2.24) is 0 Å². The molecule has 1 aromatic carbocycles. The van der Waals surface area contributed by atoms with E-state index in [9.17, 15) is 0 Å². The van der Waals surface area contributed by atoms with Gasteiger partial charge in [0.25, 0.3) is 0 Å². The minimum Gasteiger partial charge on any atom is -0.398 e. The Morgan fingerprint density at radius 2 is 1.94 bits per heavy atom. The number of hydrogen-bond donors (Lipinski definition) is 1. The normalized spacial score (nSPS) is 21.8. The van der Waals surface area contributed by atoms with Gasteiger partial charge < -0.3 is 5.73 Å². The molecule has 1 atom stereocenters. The Hall–Kier alpha value is -2.02. The third-order valence-corrected chi connectivity index (χ3v) is 3.38. The van der Waals surface area contributed by atoms with Gasteiger partial charge in [-0.2, -0.15) is 0 Å². The van der Waals surface area contributed by atoms with Crippen molar-refractivity contribution in [3.63, 3.8) is 0 Å². The lowest BCUT2D eigenvalue weighted by atomic mass is 9.87. The van der Waals surface area contributed by atoms with E-state index in [2.05, 4.69) is 48.6 Å². The van der Waals surface area contributed by atoms with Crippen molar-refractivity contribution in [3.05, 3.63) is 70.7 Å². The van der Waals surface area contributed by atoms with Crippen LogP contribution in [0.2, 0.25) is 0 Å². The van der Waals surface area contributed by atoms with Crippen LogP contribution in [0.15, 0.2) is 60.2 Å². The lowest BCUT2D eigenvalue weighted by Gasteiger charge is -2.19. The van der Waals surface area contributed by atoms with Crippen LogP contribution < -0.4 is 16.2 Å². The molecule has 0 bridgehead atoms. The highest BCUT2D eigenvalue weighted by atomic mass is 14.6. The van der Waals surface area contributed by atoms with Gasteiger partial charge in [-0.1, -0.05) is 60.7 Å². The van der Waals surface area contributed by atoms with Crippen molar-refractivity contribution in [2.45, 2.75) is 6.42 Å². The molecule has 2 aliphatic rings. The molecule has 1 aromatic rings. The summed E-state index contributed by atoms with van der Waals surface area (Å²) in [6.45, 7) is 0. The van der Waals surface area contributed by atoms with Gasteiger partial charge in [-0.15, -0.1) is 0 Å². The third kappa shape index (κ3) is 1.74. The van der Waals surface area contributed by atoms with E-state index < -0.39 is 0 Å². The molecule has 17 heavy (non-hydrogen) atoms. The van der Waals surface area contributed by atoms with Gasteiger partial charge in [-0.3, -0.25) is 0 Å². The highest BCUT2D eigenvalue weighted by molar-refractivity contribution is 5.66. The van der Waals surface area contributed by atoms with Crippen molar-refractivity contribution in [2.75, 3.05) is 0 Å². The van der Waals surface area contributed by atoms with Gasteiger partial charge in [0.1, 0.15) is 0 Å². The number of fused-ring (bicyclic) bond motifs is 2. The maximum atomic E-state index is 6.33. The van der Waals surface area contributed by atoms with Crippen molar-refractivity contribution in [3.8, 4) is 0 Å². The van der Waals surface area contributed by atoms with Gasteiger partial charge in [0.2, 0.25) is 0 Å². The van der Waals surface area contributed by atoms with Gasteiger partial charge in [0.05, 0.1) is 0 Å². The molecule has 1 heteroatoms. The summed E-state index contributed by atoms with van der Waals surface area (Å²) in [6.07, 6.45) is 14.0. The Balaban J connectivity index is 2.37. The number of hydrogen-bond acceptors (Lipinski definition) is 1. The smallest absolute Gasteiger partial charge is 0.0432 e. The van der Waals surface area contributed by atoms with Crippen LogP contribution in [0.1, 0.15) is 6.42 Å². The average Bonchev–Trinajstić information content (AvgIpc) is 2.37. The topological polar surface area (TPSA) is 26.0 Å². The molecule has 0 spiro atoms. The summed E-state index contributed by atoms with van der Waals surface area (Å²) in [4.78, 5) is 0. The Bertz CT molecular complexity index is 644. The van der Waals surface area contributed by atoms with E-state index in [0.29, 0.717) is 5.92 Å². The molecule has 0 amide bonds. The van der Waals surface area contributed by atoms with Gasteiger partial charge in [-0.05, 0) is 17.2 Å². The maximum absolute atomic E-state index is 6.33. The summed E-state index contributed by atoms with van der Waals surface area (Å²) in [5.41, 5.74) is 8.48. The summed E-state index contributed by atoms with van der Waals surface area (Å²) in [5, 5.41) is 2.33. The summed E-state index contributed by atoms with van der Waals surface area (Å²) in [6, 6.07) is 8.28. The van der Waals surface area contributed by atoms with Crippen molar-refractivity contribution >= 4 is 11.8 Å². The molecular formula is C16H15N. The molecule has 1 unspecified atom stereocenters. The van der Waals surface area contributed by atoms with Crippen LogP contribution >= 0.6 is 0 Å². The highest BCUT2D eigenvalue weighted by Gasteiger charge is 2.15. The van der Waals surface area contributed by atoms with E-state index in [1.54, 1.807) is 0 Å². The summed E-state index contributed by atoms with van der Waals surface area (Å²) in [5.74, 6) is 0.421. The molecule has 0 saturated heterocycles. The van der Waals surface area contributed by atoms with Crippen LogP contribution in [-0.2, 0) is 0 Å². The average molecular weight is 221 g/mol. The molecule has 0 heterocycles. The maximum Gasteiger partial charge on any atom is 0.0432 e. The SMILES string of the molecule is NC1=c2ccccc2=CC=CC2CC=CC=C12.